The van der Waals surface area contributed by atoms with Gasteiger partial charge in [-0.3, -0.25) is 9.79 Å². The average molecular weight is 431 g/mol. The molecular formula is C17H26IN3O2. The summed E-state index contributed by atoms with van der Waals surface area (Å²) in [6, 6.07) is 10.6. The molecule has 128 valence electrons. The normalized spacial score (nSPS) is 16.7. The van der Waals surface area contributed by atoms with Crippen molar-refractivity contribution in [3.8, 4) is 0 Å². The summed E-state index contributed by atoms with van der Waals surface area (Å²) < 4.78 is 4.72. The lowest BCUT2D eigenvalue weighted by Gasteiger charge is -2.20. The van der Waals surface area contributed by atoms with Crippen LogP contribution in [-0.4, -0.2) is 39.2 Å². The number of hydrogen-bond acceptors (Lipinski definition) is 3. The van der Waals surface area contributed by atoms with Gasteiger partial charge in [-0.1, -0.05) is 37.3 Å². The first-order valence-electron chi connectivity index (χ1n) is 7.69. The van der Waals surface area contributed by atoms with Crippen LogP contribution in [0.25, 0.3) is 0 Å². The molecule has 6 heteroatoms. The Labute approximate surface area is 155 Å². The molecule has 5 nitrogen and oxygen atoms in total. The molecule has 1 fully saturated rings. The van der Waals surface area contributed by atoms with E-state index in [9.17, 15) is 4.79 Å². The van der Waals surface area contributed by atoms with Crippen LogP contribution in [0.3, 0.4) is 0 Å². The quantitative estimate of drug-likeness (QED) is 0.314. The minimum atomic E-state index is -0.217. The minimum Gasteiger partial charge on any atom is -0.469 e. The Bertz CT molecular complexity index is 530. The van der Waals surface area contributed by atoms with Gasteiger partial charge < -0.3 is 15.4 Å². The van der Waals surface area contributed by atoms with Gasteiger partial charge in [0.05, 0.1) is 13.0 Å². The maximum absolute atomic E-state index is 11.4. The van der Waals surface area contributed by atoms with E-state index in [0.29, 0.717) is 6.54 Å². The number of halogens is 1. The van der Waals surface area contributed by atoms with Gasteiger partial charge in [0, 0.05) is 25.6 Å². The predicted molar refractivity (Wildman–Crippen MR) is 103 cm³/mol. The zero-order chi connectivity index (χ0) is 16.0. The van der Waals surface area contributed by atoms with Crippen LogP contribution in [0.1, 0.15) is 25.3 Å². The second-order valence-electron chi connectivity index (χ2n) is 5.88. The van der Waals surface area contributed by atoms with E-state index in [4.69, 9.17) is 4.74 Å². The van der Waals surface area contributed by atoms with Crippen molar-refractivity contribution in [2.45, 2.75) is 25.2 Å². The number of esters is 1. The third-order valence-electron chi connectivity index (χ3n) is 4.24. The largest absolute Gasteiger partial charge is 0.469 e. The predicted octanol–water partition coefficient (Wildman–Crippen LogP) is 2.31. The van der Waals surface area contributed by atoms with E-state index in [1.807, 2.05) is 13.0 Å². The Morgan fingerprint density at radius 2 is 1.96 bits per heavy atom. The third-order valence-corrected chi connectivity index (χ3v) is 4.24. The highest BCUT2D eigenvalue weighted by molar-refractivity contribution is 14.0. The number of rotatable bonds is 6. The summed E-state index contributed by atoms with van der Waals surface area (Å²) in [6.07, 6.45) is 2.39. The van der Waals surface area contributed by atoms with E-state index in [1.54, 1.807) is 7.05 Å². The fourth-order valence-corrected chi connectivity index (χ4v) is 2.52. The van der Waals surface area contributed by atoms with Gasteiger partial charge in [-0.15, -0.1) is 24.0 Å². The van der Waals surface area contributed by atoms with Crippen LogP contribution in [0.15, 0.2) is 35.3 Å². The first-order chi connectivity index (χ1) is 10.6. The van der Waals surface area contributed by atoms with E-state index >= 15 is 0 Å². The van der Waals surface area contributed by atoms with E-state index in [0.717, 1.165) is 12.5 Å². The van der Waals surface area contributed by atoms with Gasteiger partial charge in [0.2, 0.25) is 0 Å². The maximum atomic E-state index is 11.4. The van der Waals surface area contributed by atoms with Crippen LogP contribution in [0.5, 0.6) is 0 Å². The Kier molecular flexibility index (Phi) is 7.81. The number of carbonyl (C=O) groups is 1. The van der Waals surface area contributed by atoms with Gasteiger partial charge in [0.25, 0.3) is 0 Å². The first-order valence-corrected chi connectivity index (χ1v) is 7.69. The zero-order valence-electron chi connectivity index (χ0n) is 14.0. The average Bonchev–Trinajstić information content (AvgIpc) is 3.36. The maximum Gasteiger partial charge on any atom is 0.310 e. The van der Waals surface area contributed by atoms with Gasteiger partial charge in [0.1, 0.15) is 0 Å². The highest BCUT2D eigenvalue weighted by Crippen LogP contribution is 2.47. The van der Waals surface area contributed by atoms with Crippen LogP contribution in [0.4, 0.5) is 0 Å². The molecular weight excluding hydrogens is 405 g/mol. The van der Waals surface area contributed by atoms with E-state index in [-0.39, 0.29) is 41.3 Å². The van der Waals surface area contributed by atoms with Crippen molar-refractivity contribution in [1.29, 1.82) is 0 Å². The molecule has 0 heterocycles. The van der Waals surface area contributed by atoms with Gasteiger partial charge in [0.15, 0.2) is 5.96 Å². The summed E-state index contributed by atoms with van der Waals surface area (Å²) in [5.41, 5.74) is 1.60. The molecule has 23 heavy (non-hydrogen) atoms. The van der Waals surface area contributed by atoms with Crippen molar-refractivity contribution in [2.24, 2.45) is 10.9 Å². The molecule has 0 amide bonds. The number of guanidine groups is 1. The highest BCUT2D eigenvalue weighted by Gasteiger charge is 2.43. The van der Waals surface area contributed by atoms with Crippen LogP contribution in [-0.2, 0) is 14.9 Å². The van der Waals surface area contributed by atoms with Crippen LogP contribution < -0.4 is 10.6 Å². The summed E-state index contributed by atoms with van der Waals surface area (Å²) in [5, 5.41) is 6.54. The second-order valence-corrected chi connectivity index (χ2v) is 5.88. The number of nitrogens with one attached hydrogen (secondary N) is 2. The second kappa shape index (κ2) is 9.10. The Morgan fingerprint density at radius 1 is 1.30 bits per heavy atom. The van der Waals surface area contributed by atoms with Gasteiger partial charge in [-0.25, -0.2) is 0 Å². The molecule has 0 aromatic heterocycles. The fourth-order valence-electron chi connectivity index (χ4n) is 2.52. The van der Waals surface area contributed by atoms with Crippen LogP contribution >= 0.6 is 24.0 Å². The lowest BCUT2D eigenvalue weighted by molar-refractivity contribution is -0.144. The molecule has 1 unspecified atom stereocenters. The van der Waals surface area contributed by atoms with Gasteiger partial charge in [-0.05, 0) is 18.4 Å². The molecule has 0 radical (unpaired) electrons. The fraction of sp³-hybridized carbons (Fsp3) is 0.529. The summed E-state index contributed by atoms with van der Waals surface area (Å²) >= 11 is 0. The molecule has 2 rings (SSSR count). The number of hydrogen-bond donors (Lipinski definition) is 2. The number of carbonyl (C=O) groups excluding carboxylic acids is 1. The smallest absolute Gasteiger partial charge is 0.310 e. The lowest BCUT2D eigenvalue weighted by Crippen LogP contribution is -2.43. The summed E-state index contributed by atoms with van der Waals surface area (Å²) in [5.74, 6) is 0.302. The Morgan fingerprint density at radius 3 is 2.48 bits per heavy atom. The van der Waals surface area contributed by atoms with E-state index in [2.05, 4.69) is 39.9 Å². The molecule has 1 aromatic rings. The number of methoxy groups -OCH3 is 1. The molecule has 1 aliphatic carbocycles. The summed E-state index contributed by atoms with van der Waals surface area (Å²) in [6.45, 7) is 3.19. The van der Waals surface area contributed by atoms with Crippen molar-refractivity contribution in [2.75, 3.05) is 27.2 Å². The molecule has 1 atom stereocenters. The van der Waals surface area contributed by atoms with Gasteiger partial charge >= 0.3 is 5.97 Å². The number of aliphatic imine (C=N–C) groups is 1. The summed E-state index contributed by atoms with van der Waals surface area (Å²) in [7, 11) is 3.14. The summed E-state index contributed by atoms with van der Waals surface area (Å²) in [4.78, 5) is 15.6. The monoisotopic (exact) mass is 431 g/mol. The number of nitrogens with zero attached hydrogens (tertiary/aromatic N) is 1. The van der Waals surface area contributed by atoms with Crippen molar-refractivity contribution in [1.82, 2.24) is 10.6 Å². The van der Waals surface area contributed by atoms with E-state index in [1.165, 1.54) is 25.5 Å². The van der Waals surface area contributed by atoms with E-state index < -0.39 is 0 Å². The van der Waals surface area contributed by atoms with Gasteiger partial charge in [-0.2, -0.15) is 0 Å². The molecule has 2 N–H and O–H groups in total. The van der Waals surface area contributed by atoms with Crippen molar-refractivity contribution >= 4 is 35.9 Å². The van der Waals surface area contributed by atoms with Crippen LogP contribution in [0.2, 0.25) is 0 Å². The molecule has 1 aliphatic rings. The topological polar surface area (TPSA) is 62.7 Å². The molecule has 0 aliphatic heterocycles. The molecule has 1 saturated carbocycles. The minimum absolute atomic E-state index is 0. The lowest BCUT2D eigenvalue weighted by atomic mass is 9.96. The van der Waals surface area contributed by atoms with Crippen LogP contribution in [0, 0.1) is 5.92 Å². The van der Waals surface area contributed by atoms with Crippen molar-refractivity contribution in [3.05, 3.63) is 35.9 Å². The Hall–Kier alpha value is -1.31. The molecule has 1 aromatic carbocycles. The zero-order valence-corrected chi connectivity index (χ0v) is 16.3. The number of benzene rings is 1. The first kappa shape index (κ1) is 19.7. The SMILES string of the molecule is CN=C(NCC(C)C(=O)OC)NCC1(c2ccccc2)CC1.I. The molecule has 0 spiro atoms. The highest BCUT2D eigenvalue weighted by atomic mass is 127. The number of ether oxygens (including phenoxy) is 1. The molecule has 0 bridgehead atoms. The Balaban J connectivity index is 0.00000264. The van der Waals surface area contributed by atoms with Crippen molar-refractivity contribution < 1.29 is 9.53 Å². The standard InChI is InChI=1S/C17H25N3O2.HI/c1-13(15(21)22-3)11-19-16(18-2)20-12-17(9-10-17)14-7-5-4-6-8-14;/h4-8,13H,9-12H2,1-3H3,(H2,18,19,20);1H. The molecule has 0 saturated heterocycles. The third kappa shape index (κ3) is 5.37. The van der Waals surface area contributed by atoms with Crippen molar-refractivity contribution in [3.63, 3.8) is 0 Å².